The number of hydrogen-bond acceptors (Lipinski definition) is 8. The van der Waals surface area contributed by atoms with Gasteiger partial charge in [0, 0.05) is 54.3 Å². The standard InChI is InChI=1S/C31H48N8O5/c32-37-34-21-24-7-2-1-6-23(24)20-31(30(41)39-14-18-42-19-15-39)28(26-8-3-4-9-27(26)36-38-33)44-29(35-31)22-10-12-25(13-11-22)43-17-5-16-40/h22-25,28,40H,1-21H2/t22?,23?,24?,25?,28-,31-/m0/s1. The van der Waals surface area contributed by atoms with Crippen LogP contribution in [0.1, 0.15) is 89.9 Å². The molecule has 0 aromatic heterocycles. The highest BCUT2D eigenvalue weighted by molar-refractivity contribution is 5.95. The number of rotatable bonds is 12. The van der Waals surface area contributed by atoms with E-state index in [0.29, 0.717) is 76.7 Å². The van der Waals surface area contributed by atoms with Gasteiger partial charge in [0.05, 0.1) is 19.3 Å². The maximum Gasteiger partial charge on any atom is 0.255 e. The van der Waals surface area contributed by atoms with Gasteiger partial charge in [0.25, 0.3) is 5.91 Å². The quantitative estimate of drug-likeness (QED) is 0.123. The molecule has 44 heavy (non-hydrogen) atoms. The number of nitrogens with zero attached hydrogens (tertiary/aromatic N) is 8. The lowest BCUT2D eigenvalue weighted by Crippen LogP contribution is -2.57. The normalized spacial score (nSPS) is 32.7. The number of carbonyl (C=O) groups is 1. The lowest BCUT2D eigenvalue weighted by Gasteiger charge is -2.42. The van der Waals surface area contributed by atoms with Crippen molar-refractivity contribution in [2.75, 3.05) is 46.1 Å². The Hall–Kier alpha value is -2.82. The molecule has 0 bridgehead atoms. The van der Waals surface area contributed by atoms with Gasteiger partial charge in [-0.25, -0.2) is 4.99 Å². The number of amides is 1. The van der Waals surface area contributed by atoms with Gasteiger partial charge in [0.15, 0.2) is 17.5 Å². The molecule has 2 aliphatic heterocycles. The Kier molecular flexibility index (Phi) is 11.8. The van der Waals surface area contributed by atoms with Crippen LogP contribution in [0.3, 0.4) is 0 Å². The summed E-state index contributed by atoms with van der Waals surface area (Å²) in [7, 11) is 0. The summed E-state index contributed by atoms with van der Waals surface area (Å²) in [6.45, 7) is 3.07. The topological polar surface area (TPSA) is 178 Å². The third-order valence-electron chi connectivity index (χ3n) is 10.3. The number of ether oxygens (including phenoxy) is 3. The molecule has 3 aliphatic carbocycles. The molecule has 13 heteroatoms. The van der Waals surface area contributed by atoms with Crippen LogP contribution in [0.2, 0.25) is 0 Å². The zero-order valence-electron chi connectivity index (χ0n) is 25.9. The number of carbonyl (C=O) groups excluding carboxylic acids is 1. The second-order valence-electron chi connectivity index (χ2n) is 13.0. The molecule has 0 spiro atoms. The Labute approximate surface area is 259 Å². The van der Waals surface area contributed by atoms with Gasteiger partial charge in [-0.3, -0.25) is 4.79 Å². The Morgan fingerprint density at radius 2 is 1.77 bits per heavy atom. The highest BCUT2D eigenvalue weighted by Gasteiger charge is 2.58. The molecule has 0 aromatic carbocycles. The maximum atomic E-state index is 14.9. The van der Waals surface area contributed by atoms with E-state index >= 15 is 0 Å². The fraction of sp³-hybridized carbons (Fsp3) is 0.871. The minimum atomic E-state index is -1.18. The van der Waals surface area contributed by atoms with E-state index in [9.17, 15) is 10.3 Å². The van der Waals surface area contributed by atoms with Crippen LogP contribution in [-0.2, 0) is 19.0 Å². The van der Waals surface area contributed by atoms with E-state index in [4.69, 9.17) is 29.8 Å². The van der Waals surface area contributed by atoms with E-state index in [2.05, 4.69) is 20.1 Å². The van der Waals surface area contributed by atoms with Gasteiger partial charge >= 0.3 is 0 Å². The summed E-state index contributed by atoms with van der Waals surface area (Å²) >= 11 is 0. The van der Waals surface area contributed by atoms with Crippen molar-refractivity contribution >= 4 is 11.8 Å². The average molecular weight is 613 g/mol. The van der Waals surface area contributed by atoms with Crippen LogP contribution in [-0.4, -0.2) is 85.6 Å². The molecule has 0 radical (unpaired) electrons. The van der Waals surface area contributed by atoms with Crippen LogP contribution in [0.5, 0.6) is 0 Å². The van der Waals surface area contributed by atoms with Crippen molar-refractivity contribution in [1.82, 2.24) is 4.90 Å². The average Bonchev–Trinajstić information content (AvgIpc) is 3.45. The Balaban J connectivity index is 1.53. The molecular formula is C31H48N8O5. The summed E-state index contributed by atoms with van der Waals surface area (Å²) in [5.41, 5.74) is 19.0. The highest BCUT2D eigenvalue weighted by atomic mass is 16.5. The molecular weight excluding hydrogens is 564 g/mol. The molecule has 0 aromatic rings. The Morgan fingerprint density at radius 3 is 2.50 bits per heavy atom. The van der Waals surface area contributed by atoms with Crippen molar-refractivity contribution in [3.8, 4) is 0 Å². The van der Waals surface area contributed by atoms with Gasteiger partial charge in [-0.15, -0.1) is 0 Å². The maximum absolute atomic E-state index is 14.9. The van der Waals surface area contributed by atoms with E-state index in [1.165, 1.54) is 0 Å². The molecule has 2 unspecified atom stereocenters. The summed E-state index contributed by atoms with van der Waals surface area (Å²) in [5.74, 6) is 1.01. The fourth-order valence-electron chi connectivity index (χ4n) is 7.98. The van der Waals surface area contributed by atoms with Gasteiger partial charge in [-0.2, -0.15) is 0 Å². The summed E-state index contributed by atoms with van der Waals surface area (Å²) in [6.07, 6.45) is 11.4. The van der Waals surface area contributed by atoms with E-state index in [1.54, 1.807) is 0 Å². The molecule has 3 fully saturated rings. The number of azide groups is 2. The van der Waals surface area contributed by atoms with E-state index in [0.717, 1.165) is 69.8 Å². The lowest BCUT2D eigenvalue weighted by molar-refractivity contribution is -0.144. The third-order valence-corrected chi connectivity index (χ3v) is 10.3. The van der Waals surface area contributed by atoms with Crippen molar-refractivity contribution < 1.29 is 24.1 Å². The first kappa shape index (κ1) is 32.6. The molecule has 1 amide bonds. The van der Waals surface area contributed by atoms with Gasteiger partial charge in [0.2, 0.25) is 0 Å². The van der Waals surface area contributed by atoms with E-state index < -0.39 is 11.6 Å². The van der Waals surface area contributed by atoms with Gasteiger partial charge < -0.3 is 24.2 Å². The molecule has 1 saturated heterocycles. The SMILES string of the molecule is [N-]=[N+]=NCC1CCCCC1C[C@]1(C(=O)N2CCOCC2)N=C(C2CCC(OCCCO)CC2)O[C@H]1C1=C(N=[N+]=[N-])CCCC1. The molecule has 2 heterocycles. The molecule has 1 N–H and O–H groups in total. The minimum absolute atomic E-state index is 0.0340. The van der Waals surface area contributed by atoms with Crippen molar-refractivity contribution in [3.05, 3.63) is 32.2 Å². The van der Waals surface area contributed by atoms with E-state index in [-0.39, 0.29) is 36.4 Å². The predicted molar refractivity (Wildman–Crippen MR) is 165 cm³/mol. The number of allylic oxidation sites excluding steroid dienone is 1. The van der Waals surface area contributed by atoms with Crippen LogP contribution < -0.4 is 0 Å². The number of aliphatic imine (C=N–C) groups is 1. The van der Waals surface area contributed by atoms with Crippen molar-refractivity contribution in [1.29, 1.82) is 0 Å². The summed E-state index contributed by atoms with van der Waals surface area (Å²) in [6, 6.07) is 0. The van der Waals surface area contributed by atoms with Crippen LogP contribution in [0, 0.1) is 17.8 Å². The number of morpholine rings is 1. The van der Waals surface area contributed by atoms with Crippen molar-refractivity contribution in [2.24, 2.45) is 33.0 Å². The van der Waals surface area contributed by atoms with Crippen LogP contribution in [0.15, 0.2) is 26.5 Å². The zero-order chi connectivity index (χ0) is 30.8. The predicted octanol–water partition coefficient (Wildman–Crippen LogP) is 5.98. The first-order valence-corrected chi connectivity index (χ1v) is 16.7. The second-order valence-corrected chi connectivity index (χ2v) is 13.0. The summed E-state index contributed by atoms with van der Waals surface area (Å²) < 4.78 is 18.5. The third kappa shape index (κ3) is 7.51. The monoisotopic (exact) mass is 612 g/mol. The van der Waals surface area contributed by atoms with E-state index in [1.807, 2.05) is 4.90 Å². The molecule has 4 atom stereocenters. The van der Waals surface area contributed by atoms with Crippen LogP contribution in [0.25, 0.3) is 20.9 Å². The number of aliphatic hydroxyl groups excluding tert-OH is 1. The van der Waals surface area contributed by atoms with Gasteiger partial charge in [0.1, 0.15) is 0 Å². The zero-order valence-corrected chi connectivity index (χ0v) is 25.9. The summed E-state index contributed by atoms with van der Waals surface area (Å²) in [4.78, 5) is 28.4. The highest BCUT2D eigenvalue weighted by Crippen LogP contribution is 2.48. The largest absolute Gasteiger partial charge is 0.470 e. The van der Waals surface area contributed by atoms with Gasteiger partial charge in [-0.1, -0.05) is 35.9 Å². The number of aliphatic hydroxyl groups is 1. The lowest BCUT2D eigenvalue weighted by atomic mass is 9.69. The van der Waals surface area contributed by atoms with Crippen molar-refractivity contribution in [2.45, 2.75) is 108 Å². The fourth-order valence-corrected chi connectivity index (χ4v) is 7.98. The van der Waals surface area contributed by atoms with Crippen molar-refractivity contribution in [3.63, 3.8) is 0 Å². The summed E-state index contributed by atoms with van der Waals surface area (Å²) in [5, 5.41) is 17.2. The molecule has 2 saturated carbocycles. The Morgan fingerprint density at radius 1 is 1.02 bits per heavy atom. The molecule has 5 aliphatic rings. The first-order valence-electron chi connectivity index (χ1n) is 16.7. The van der Waals surface area contributed by atoms with Gasteiger partial charge in [-0.05, 0) is 92.7 Å². The van der Waals surface area contributed by atoms with Crippen LogP contribution in [0.4, 0.5) is 0 Å². The number of hydrogen-bond donors (Lipinski definition) is 1. The second kappa shape index (κ2) is 16.0. The molecule has 242 valence electrons. The molecule has 5 rings (SSSR count). The minimum Gasteiger partial charge on any atom is -0.470 e. The van der Waals surface area contributed by atoms with Crippen LogP contribution >= 0.6 is 0 Å². The first-order chi connectivity index (χ1) is 21.6. The molecule has 13 nitrogen and oxygen atoms in total. The smallest absolute Gasteiger partial charge is 0.255 e. The Bertz CT molecular complexity index is 1150.